The van der Waals surface area contributed by atoms with Crippen LogP contribution >= 0.6 is 0 Å². The Morgan fingerprint density at radius 1 is 1.14 bits per heavy atom. The van der Waals surface area contributed by atoms with Gasteiger partial charge in [-0.25, -0.2) is 0 Å². The number of benzene rings is 1. The van der Waals surface area contributed by atoms with E-state index in [-0.39, 0.29) is 11.9 Å². The lowest BCUT2D eigenvalue weighted by atomic mass is 10.2. The Balaban J connectivity index is 2.61. The summed E-state index contributed by atoms with van der Waals surface area (Å²) in [6.07, 6.45) is 0. The van der Waals surface area contributed by atoms with Gasteiger partial charge in [0.2, 0.25) is 5.91 Å². The van der Waals surface area contributed by atoms with E-state index in [2.05, 4.69) is 16.0 Å². The van der Waals surface area contributed by atoms with E-state index in [1.807, 2.05) is 0 Å². The molecule has 0 heterocycles. The van der Waals surface area contributed by atoms with Crippen LogP contribution in [0, 0.1) is 0 Å². The Labute approximate surface area is 123 Å². The van der Waals surface area contributed by atoms with Gasteiger partial charge in [0.1, 0.15) is 0 Å². The summed E-state index contributed by atoms with van der Waals surface area (Å²) in [6.45, 7) is 3.43. The molecule has 21 heavy (non-hydrogen) atoms. The molecule has 0 unspecified atom stereocenters. The Bertz CT molecular complexity index is 531. The molecule has 1 aromatic carbocycles. The molecular formula is C14H19N3O4. The van der Waals surface area contributed by atoms with Crippen molar-refractivity contribution in [2.75, 3.05) is 24.4 Å². The maximum Gasteiger partial charge on any atom is 0.313 e. The first-order chi connectivity index (χ1) is 9.92. The summed E-state index contributed by atoms with van der Waals surface area (Å²) in [4.78, 5) is 34.3. The largest absolute Gasteiger partial charge is 0.383 e. The molecule has 3 N–H and O–H groups in total. The van der Waals surface area contributed by atoms with Gasteiger partial charge in [-0.15, -0.1) is 0 Å². The number of carbonyl (C=O) groups excluding carboxylic acids is 3. The van der Waals surface area contributed by atoms with Gasteiger partial charge in [-0.1, -0.05) is 6.07 Å². The van der Waals surface area contributed by atoms with Gasteiger partial charge >= 0.3 is 11.8 Å². The molecule has 7 nitrogen and oxygen atoms in total. The number of anilines is 2. The van der Waals surface area contributed by atoms with Gasteiger partial charge in [0.05, 0.1) is 6.61 Å². The zero-order chi connectivity index (χ0) is 15.8. The molecule has 0 radical (unpaired) electrons. The standard InChI is InChI=1S/C14H19N3O4/c1-9(8-21-3)15-13(19)14(20)17-12-6-4-5-11(7-12)16-10(2)18/h4-7,9H,8H2,1-3H3,(H,15,19)(H,16,18)(H,17,20)/t9-/m1/s1. The number of nitrogens with one attached hydrogen (secondary N) is 3. The summed E-state index contributed by atoms with van der Waals surface area (Å²) >= 11 is 0. The number of rotatable bonds is 5. The van der Waals surface area contributed by atoms with Crippen molar-refractivity contribution < 1.29 is 19.1 Å². The van der Waals surface area contributed by atoms with Crippen LogP contribution in [0.5, 0.6) is 0 Å². The van der Waals surface area contributed by atoms with Crippen molar-refractivity contribution in [2.45, 2.75) is 19.9 Å². The van der Waals surface area contributed by atoms with Crippen LogP contribution in [-0.4, -0.2) is 37.5 Å². The van der Waals surface area contributed by atoms with Crippen LogP contribution in [0.15, 0.2) is 24.3 Å². The van der Waals surface area contributed by atoms with Crippen molar-refractivity contribution in [2.24, 2.45) is 0 Å². The molecule has 0 aliphatic heterocycles. The minimum Gasteiger partial charge on any atom is -0.383 e. The molecule has 1 rings (SSSR count). The number of methoxy groups -OCH3 is 1. The maximum absolute atomic E-state index is 11.7. The fourth-order valence-corrected chi connectivity index (χ4v) is 1.65. The van der Waals surface area contributed by atoms with Crippen LogP contribution in [0.3, 0.4) is 0 Å². The van der Waals surface area contributed by atoms with Crippen molar-refractivity contribution >= 4 is 29.1 Å². The number of carbonyl (C=O) groups is 3. The van der Waals surface area contributed by atoms with E-state index in [4.69, 9.17) is 4.74 Å². The van der Waals surface area contributed by atoms with Gasteiger partial charge in [0.15, 0.2) is 0 Å². The second-order valence-electron chi connectivity index (χ2n) is 4.55. The minimum absolute atomic E-state index is 0.218. The summed E-state index contributed by atoms with van der Waals surface area (Å²) in [5.41, 5.74) is 0.953. The van der Waals surface area contributed by atoms with Gasteiger partial charge in [0, 0.05) is 31.5 Å². The van der Waals surface area contributed by atoms with Crippen LogP contribution in [-0.2, 0) is 19.1 Å². The second-order valence-corrected chi connectivity index (χ2v) is 4.55. The van der Waals surface area contributed by atoms with Crippen LogP contribution in [0.1, 0.15) is 13.8 Å². The lowest BCUT2D eigenvalue weighted by Gasteiger charge is -2.12. The molecule has 0 saturated heterocycles. The molecule has 3 amide bonds. The third-order valence-electron chi connectivity index (χ3n) is 2.44. The topological polar surface area (TPSA) is 96.5 Å². The van der Waals surface area contributed by atoms with Crippen molar-refractivity contribution in [3.8, 4) is 0 Å². The highest BCUT2D eigenvalue weighted by Crippen LogP contribution is 2.14. The molecule has 0 saturated carbocycles. The Kier molecular flexibility index (Phi) is 6.35. The number of amides is 3. The average Bonchev–Trinajstić information content (AvgIpc) is 2.38. The van der Waals surface area contributed by atoms with Gasteiger partial charge < -0.3 is 20.7 Å². The third-order valence-corrected chi connectivity index (χ3v) is 2.44. The van der Waals surface area contributed by atoms with Gasteiger partial charge in [-0.05, 0) is 25.1 Å². The predicted octanol–water partition coefficient (Wildman–Crippen LogP) is 0.735. The highest BCUT2D eigenvalue weighted by Gasteiger charge is 2.16. The molecule has 0 aliphatic carbocycles. The number of hydrogen-bond donors (Lipinski definition) is 3. The predicted molar refractivity (Wildman–Crippen MR) is 78.9 cm³/mol. The maximum atomic E-state index is 11.7. The highest BCUT2D eigenvalue weighted by atomic mass is 16.5. The molecule has 1 atom stereocenters. The normalized spacial score (nSPS) is 11.4. The summed E-state index contributed by atoms with van der Waals surface area (Å²) in [5, 5.41) is 7.55. The molecule has 1 aromatic rings. The minimum atomic E-state index is -0.780. The highest BCUT2D eigenvalue weighted by molar-refractivity contribution is 6.39. The summed E-state index contributed by atoms with van der Waals surface area (Å²) in [7, 11) is 1.51. The quantitative estimate of drug-likeness (QED) is 0.697. The van der Waals surface area contributed by atoms with Crippen LogP contribution in [0.2, 0.25) is 0 Å². The Hall–Kier alpha value is -2.41. The van der Waals surface area contributed by atoms with E-state index >= 15 is 0 Å². The van der Waals surface area contributed by atoms with E-state index in [1.54, 1.807) is 31.2 Å². The fraction of sp³-hybridized carbons (Fsp3) is 0.357. The summed E-state index contributed by atoms with van der Waals surface area (Å²) < 4.78 is 4.87. The van der Waals surface area contributed by atoms with Crippen molar-refractivity contribution in [1.29, 1.82) is 0 Å². The molecule has 0 bridgehead atoms. The molecule has 7 heteroatoms. The summed E-state index contributed by atoms with van der Waals surface area (Å²) in [5.74, 6) is -1.74. The van der Waals surface area contributed by atoms with Gasteiger partial charge in [-0.3, -0.25) is 14.4 Å². The SMILES string of the molecule is COC[C@@H](C)NC(=O)C(=O)Nc1cccc(NC(C)=O)c1. The fourth-order valence-electron chi connectivity index (χ4n) is 1.65. The van der Waals surface area contributed by atoms with Gasteiger partial charge in [0.25, 0.3) is 0 Å². The lowest BCUT2D eigenvalue weighted by Crippen LogP contribution is -2.42. The lowest BCUT2D eigenvalue weighted by molar-refractivity contribution is -0.136. The van der Waals surface area contributed by atoms with Crippen LogP contribution < -0.4 is 16.0 Å². The van der Waals surface area contributed by atoms with E-state index in [1.165, 1.54) is 14.0 Å². The monoisotopic (exact) mass is 293 g/mol. The molecular weight excluding hydrogens is 274 g/mol. The first-order valence-electron chi connectivity index (χ1n) is 6.40. The molecule has 114 valence electrons. The van der Waals surface area contributed by atoms with E-state index < -0.39 is 11.8 Å². The molecule has 0 spiro atoms. The van der Waals surface area contributed by atoms with Crippen molar-refractivity contribution in [3.63, 3.8) is 0 Å². The van der Waals surface area contributed by atoms with E-state index in [0.29, 0.717) is 18.0 Å². The van der Waals surface area contributed by atoms with E-state index in [0.717, 1.165) is 0 Å². The summed E-state index contributed by atoms with van der Waals surface area (Å²) in [6, 6.07) is 6.25. The molecule has 0 fully saturated rings. The van der Waals surface area contributed by atoms with Crippen LogP contribution in [0.4, 0.5) is 11.4 Å². The molecule has 0 aromatic heterocycles. The number of ether oxygens (including phenoxy) is 1. The van der Waals surface area contributed by atoms with Gasteiger partial charge in [-0.2, -0.15) is 0 Å². The van der Waals surface area contributed by atoms with E-state index in [9.17, 15) is 14.4 Å². The second kappa shape index (κ2) is 8.01. The zero-order valence-corrected chi connectivity index (χ0v) is 12.2. The Morgan fingerprint density at radius 2 is 1.76 bits per heavy atom. The first-order valence-corrected chi connectivity index (χ1v) is 6.40. The zero-order valence-electron chi connectivity index (χ0n) is 12.2. The number of hydrogen-bond acceptors (Lipinski definition) is 4. The third kappa shape index (κ3) is 6.05. The molecule has 0 aliphatic rings. The average molecular weight is 293 g/mol. The smallest absolute Gasteiger partial charge is 0.313 e. The first kappa shape index (κ1) is 16.6. The van der Waals surface area contributed by atoms with Crippen molar-refractivity contribution in [3.05, 3.63) is 24.3 Å². The van der Waals surface area contributed by atoms with Crippen LogP contribution in [0.25, 0.3) is 0 Å². The van der Waals surface area contributed by atoms with Crippen molar-refractivity contribution in [1.82, 2.24) is 5.32 Å². The Morgan fingerprint density at radius 3 is 2.33 bits per heavy atom.